The van der Waals surface area contributed by atoms with Crippen LogP contribution in [0.15, 0.2) is 60.8 Å². The predicted molar refractivity (Wildman–Crippen MR) is 104 cm³/mol. The molecule has 1 amide bonds. The van der Waals surface area contributed by atoms with Crippen LogP contribution in [-0.2, 0) is 11.3 Å². The van der Waals surface area contributed by atoms with Crippen molar-refractivity contribution in [3.05, 3.63) is 71.9 Å². The molecule has 0 unspecified atom stereocenters. The van der Waals surface area contributed by atoms with Crippen LogP contribution < -0.4 is 0 Å². The number of fused-ring (bicyclic) bond motifs is 1. The number of piperidine rings is 1. The average Bonchev–Trinajstić information content (AvgIpc) is 3.07. The molecule has 0 radical (unpaired) electrons. The summed E-state index contributed by atoms with van der Waals surface area (Å²) in [4.78, 5) is 26.4. The summed E-state index contributed by atoms with van der Waals surface area (Å²) >= 11 is 0. The summed E-state index contributed by atoms with van der Waals surface area (Å²) in [6.45, 7) is 1.16. The zero-order chi connectivity index (χ0) is 18.8. The number of carboxylic acid groups (broad SMARTS) is 1. The molecule has 0 bridgehead atoms. The van der Waals surface area contributed by atoms with Gasteiger partial charge >= 0.3 is 5.97 Å². The second kappa shape index (κ2) is 7.27. The molecule has 1 saturated heterocycles. The Labute approximate surface area is 157 Å². The number of benzene rings is 2. The number of para-hydroxylation sites is 1. The summed E-state index contributed by atoms with van der Waals surface area (Å²) in [7, 11) is 0. The minimum Gasteiger partial charge on any atom is -0.480 e. The average molecular weight is 362 g/mol. The fourth-order valence-electron chi connectivity index (χ4n) is 3.91. The lowest BCUT2D eigenvalue weighted by Crippen LogP contribution is -2.47. The minimum atomic E-state index is -0.920. The molecule has 0 aliphatic carbocycles. The van der Waals surface area contributed by atoms with Crippen LogP contribution in [0.25, 0.3) is 10.9 Å². The molecular weight excluding hydrogens is 340 g/mol. The first kappa shape index (κ1) is 17.3. The molecule has 5 heteroatoms. The lowest BCUT2D eigenvalue weighted by Gasteiger charge is -2.32. The number of carboxylic acids is 1. The van der Waals surface area contributed by atoms with E-state index in [0.717, 1.165) is 29.3 Å². The van der Waals surface area contributed by atoms with Gasteiger partial charge in [0.25, 0.3) is 5.91 Å². The number of aliphatic carboxylic acids is 1. The van der Waals surface area contributed by atoms with E-state index in [4.69, 9.17) is 0 Å². The zero-order valence-corrected chi connectivity index (χ0v) is 15.0. The van der Waals surface area contributed by atoms with Gasteiger partial charge in [0.2, 0.25) is 0 Å². The fraction of sp³-hybridized carbons (Fsp3) is 0.273. The Hall–Kier alpha value is -3.08. The highest BCUT2D eigenvalue weighted by atomic mass is 16.4. The molecule has 3 aromatic rings. The van der Waals surface area contributed by atoms with Crippen LogP contribution in [0.4, 0.5) is 0 Å². The SMILES string of the molecule is O=C(O)[C@H]1CCCCN1C(=O)c1cn(Cc2ccccc2)c2ccccc12. The van der Waals surface area contributed by atoms with Crippen LogP contribution in [0, 0.1) is 0 Å². The molecule has 0 saturated carbocycles. The molecule has 2 aromatic carbocycles. The van der Waals surface area contributed by atoms with Crippen molar-refractivity contribution < 1.29 is 14.7 Å². The van der Waals surface area contributed by atoms with E-state index >= 15 is 0 Å². The van der Waals surface area contributed by atoms with Crippen molar-refractivity contribution in [1.29, 1.82) is 0 Å². The Morgan fingerprint density at radius 1 is 1.00 bits per heavy atom. The second-order valence-electron chi connectivity index (χ2n) is 7.02. The van der Waals surface area contributed by atoms with E-state index < -0.39 is 12.0 Å². The van der Waals surface area contributed by atoms with Crippen molar-refractivity contribution in [3.8, 4) is 0 Å². The van der Waals surface area contributed by atoms with Crippen LogP contribution in [0.5, 0.6) is 0 Å². The number of likely N-dealkylation sites (tertiary alicyclic amines) is 1. The molecule has 1 fully saturated rings. The third kappa shape index (κ3) is 3.33. The number of aromatic nitrogens is 1. The maximum atomic E-state index is 13.2. The summed E-state index contributed by atoms with van der Waals surface area (Å²) in [6, 6.07) is 17.2. The van der Waals surface area contributed by atoms with Crippen LogP contribution >= 0.6 is 0 Å². The molecule has 2 heterocycles. The molecule has 1 aromatic heterocycles. The molecule has 0 spiro atoms. The van der Waals surface area contributed by atoms with Crippen molar-refractivity contribution >= 4 is 22.8 Å². The standard InChI is InChI=1S/C22H22N2O3/c25-21(24-13-7-6-12-20(24)22(26)27)18-15-23(14-16-8-2-1-3-9-16)19-11-5-4-10-17(18)19/h1-5,8-11,15,20H,6-7,12-14H2,(H,26,27)/t20-/m1/s1. The Morgan fingerprint density at radius 3 is 2.52 bits per heavy atom. The van der Waals surface area contributed by atoms with Gasteiger partial charge in [0.1, 0.15) is 6.04 Å². The first-order valence-corrected chi connectivity index (χ1v) is 9.31. The number of hydrogen-bond donors (Lipinski definition) is 1. The number of nitrogens with zero attached hydrogens (tertiary/aromatic N) is 2. The van der Waals surface area contributed by atoms with Gasteiger partial charge in [-0.25, -0.2) is 4.79 Å². The van der Waals surface area contributed by atoms with E-state index in [1.54, 1.807) is 0 Å². The Bertz CT molecular complexity index is 978. The summed E-state index contributed by atoms with van der Waals surface area (Å²) in [5.74, 6) is -1.11. The van der Waals surface area contributed by atoms with Gasteiger partial charge in [-0.1, -0.05) is 48.5 Å². The number of carbonyl (C=O) groups excluding carboxylic acids is 1. The molecule has 27 heavy (non-hydrogen) atoms. The zero-order valence-electron chi connectivity index (χ0n) is 15.0. The van der Waals surface area contributed by atoms with Gasteiger partial charge in [-0.3, -0.25) is 4.79 Å². The maximum Gasteiger partial charge on any atom is 0.326 e. The first-order valence-electron chi connectivity index (χ1n) is 9.31. The Morgan fingerprint density at radius 2 is 1.74 bits per heavy atom. The molecule has 4 rings (SSSR count). The molecule has 5 nitrogen and oxygen atoms in total. The van der Waals surface area contributed by atoms with Gasteiger partial charge in [-0.05, 0) is 30.9 Å². The normalized spacial score (nSPS) is 17.2. The lowest BCUT2D eigenvalue weighted by molar-refractivity contribution is -0.143. The quantitative estimate of drug-likeness (QED) is 0.768. The van der Waals surface area contributed by atoms with Crippen molar-refractivity contribution in [1.82, 2.24) is 9.47 Å². The summed E-state index contributed by atoms with van der Waals surface area (Å²) in [5, 5.41) is 10.4. The number of amides is 1. The van der Waals surface area contributed by atoms with E-state index in [-0.39, 0.29) is 5.91 Å². The number of carbonyl (C=O) groups is 2. The highest BCUT2D eigenvalue weighted by Gasteiger charge is 2.33. The third-order valence-corrected chi connectivity index (χ3v) is 5.26. The van der Waals surface area contributed by atoms with E-state index in [2.05, 4.69) is 16.7 Å². The number of rotatable bonds is 4. The summed E-state index contributed by atoms with van der Waals surface area (Å²) in [5.41, 5.74) is 2.71. The topological polar surface area (TPSA) is 62.5 Å². The van der Waals surface area contributed by atoms with Crippen molar-refractivity contribution in [2.24, 2.45) is 0 Å². The van der Waals surface area contributed by atoms with Crippen LogP contribution in [-0.4, -0.2) is 39.0 Å². The van der Waals surface area contributed by atoms with E-state index in [0.29, 0.717) is 25.1 Å². The Balaban J connectivity index is 1.73. The Kier molecular flexibility index (Phi) is 4.67. The van der Waals surface area contributed by atoms with Gasteiger partial charge in [-0.2, -0.15) is 0 Å². The van der Waals surface area contributed by atoms with Crippen LogP contribution in [0.3, 0.4) is 0 Å². The summed E-state index contributed by atoms with van der Waals surface area (Å²) < 4.78 is 2.07. The molecule has 1 atom stereocenters. The van der Waals surface area contributed by atoms with Gasteiger partial charge < -0.3 is 14.6 Å². The molecule has 1 aliphatic heterocycles. The van der Waals surface area contributed by atoms with Crippen molar-refractivity contribution in [3.63, 3.8) is 0 Å². The van der Waals surface area contributed by atoms with Crippen LogP contribution in [0.2, 0.25) is 0 Å². The van der Waals surface area contributed by atoms with E-state index in [9.17, 15) is 14.7 Å². The predicted octanol–water partition coefficient (Wildman–Crippen LogP) is 3.77. The fourth-order valence-corrected chi connectivity index (χ4v) is 3.91. The van der Waals surface area contributed by atoms with Gasteiger partial charge in [0, 0.05) is 30.2 Å². The molecular formula is C22H22N2O3. The first-order chi connectivity index (χ1) is 13.1. The van der Waals surface area contributed by atoms with E-state index in [1.807, 2.05) is 48.7 Å². The highest BCUT2D eigenvalue weighted by molar-refractivity contribution is 6.08. The second-order valence-corrected chi connectivity index (χ2v) is 7.02. The summed E-state index contributed by atoms with van der Waals surface area (Å²) in [6.07, 6.45) is 4.08. The smallest absolute Gasteiger partial charge is 0.326 e. The van der Waals surface area contributed by atoms with Gasteiger partial charge in [0.15, 0.2) is 0 Å². The maximum absolute atomic E-state index is 13.2. The van der Waals surface area contributed by atoms with Crippen LogP contribution in [0.1, 0.15) is 35.2 Å². The minimum absolute atomic E-state index is 0.190. The van der Waals surface area contributed by atoms with Gasteiger partial charge in [0.05, 0.1) is 5.56 Å². The third-order valence-electron chi connectivity index (χ3n) is 5.26. The monoisotopic (exact) mass is 362 g/mol. The highest BCUT2D eigenvalue weighted by Crippen LogP contribution is 2.27. The van der Waals surface area contributed by atoms with Crippen molar-refractivity contribution in [2.45, 2.75) is 31.8 Å². The molecule has 1 aliphatic rings. The molecule has 138 valence electrons. The number of hydrogen-bond acceptors (Lipinski definition) is 2. The van der Waals surface area contributed by atoms with E-state index in [1.165, 1.54) is 4.90 Å². The van der Waals surface area contributed by atoms with Crippen molar-refractivity contribution in [2.75, 3.05) is 6.54 Å². The lowest BCUT2D eigenvalue weighted by atomic mass is 10.0. The molecule has 1 N–H and O–H groups in total. The largest absolute Gasteiger partial charge is 0.480 e. The van der Waals surface area contributed by atoms with Gasteiger partial charge in [-0.15, -0.1) is 0 Å².